The monoisotopic (exact) mass is 288 g/mol. The molecule has 6 nitrogen and oxygen atoms in total. The Hall–Kier alpha value is -1.74. The van der Waals surface area contributed by atoms with Crippen LogP contribution in [0.25, 0.3) is 0 Å². The lowest BCUT2D eigenvalue weighted by Crippen LogP contribution is -2.15. The Kier molecular flexibility index (Phi) is 3.18. The van der Waals surface area contributed by atoms with Crippen molar-refractivity contribution in [3.05, 3.63) is 29.0 Å². The number of nitrogen functional groups attached to an aromatic ring is 1. The Balaban J connectivity index is 2.44. The van der Waals surface area contributed by atoms with Crippen molar-refractivity contribution in [3.8, 4) is 0 Å². The summed E-state index contributed by atoms with van der Waals surface area (Å²) < 4.78 is 39.5. The second-order valence-electron chi connectivity index (χ2n) is 3.49. The van der Waals surface area contributed by atoms with Crippen molar-refractivity contribution in [2.75, 3.05) is 10.5 Å². The number of sulfonamides is 1. The molecule has 1 aromatic heterocycles. The molecule has 0 aliphatic carbocycles. The fraction of sp³-hybridized carbons (Fsp3) is 0.111. The number of halogens is 1. The third-order valence-corrected chi connectivity index (χ3v) is 4.38. The number of hydrogen-bond acceptors (Lipinski definition) is 6. The Morgan fingerprint density at radius 3 is 2.78 bits per heavy atom. The normalized spacial score (nSPS) is 11.4. The van der Waals surface area contributed by atoms with Crippen molar-refractivity contribution in [2.24, 2.45) is 0 Å². The maximum absolute atomic E-state index is 13.2. The average Bonchev–Trinajstić information content (AvgIpc) is 2.75. The summed E-state index contributed by atoms with van der Waals surface area (Å²) in [5, 5.41) is 7.22. The van der Waals surface area contributed by atoms with E-state index in [1.54, 1.807) is 0 Å². The molecule has 3 N–H and O–H groups in total. The number of anilines is 2. The molecule has 0 bridgehead atoms. The van der Waals surface area contributed by atoms with Gasteiger partial charge >= 0.3 is 0 Å². The molecule has 1 heterocycles. The molecule has 0 atom stereocenters. The van der Waals surface area contributed by atoms with Crippen LogP contribution in [0.15, 0.2) is 22.5 Å². The van der Waals surface area contributed by atoms with E-state index in [9.17, 15) is 12.8 Å². The number of aryl methyl sites for hydroxylation is 1. The Morgan fingerprint density at radius 2 is 2.17 bits per heavy atom. The molecule has 0 aliphatic rings. The largest absolute Gasteiger partial charge is 0.396 e. The first-order valence-electron chi connectivity index (χ1n) is 4.75. The zero-order valence-corrected chi connectivity index (χ0v) is 10.8. The molecule has 0 radical (unpaired) electrons. The molecule has 96 valence electrons. The number of nitrogens with one attached hydrogen (secondary N) is 1. The molecule has 0 fully saturated rings. The zero-order chi connectivity index (χ0) is 13.3. The molecule has 9 heteroatoms. The lowest BCUT2D eigenvalue weighted by Gasteiger charge is -2.09. The lowest BCUT2D eigenvalue weighted by atomic mass is 10.2. The van der Waals surface area contributed by atoms with Crippen molar-refractivity contribution in [3.63, 3.8) is 0 Å². The van der Waals surface area contributed by atoms with Crippen LogP contribution >= 0.6 is 11.3 Å². The number of nitrogens with two attached hydrogens (primary N) is 1. The van der Waals surface area contributed by atoms with Crippen molar-refractivity contribution in [1.82, 2.24) is 10.2 Å². The molecule has 0 spiro atoms. The van der Waals surface area contributed by atoms with Crippen LogP contribution in [-0.2, 0) is 10.0 Å². The number of nitrogens with zero attached hydrogens (tertiary/aromatic N) is 2. The second kappa shape index (κ2) is 4.50. The molecule has 2 aromatic rings. The van der Waals surface area contributed by atoms with E-state index in [0.717, 1.165) is 23.5 Å². The predicted octanol–water partition coefficient (Wildman–Crippen LogP) is 1.37. The van der Waals surface area contributed by atoms with E-state index in [0.29, 0.717) is 0 Å². The highest BCUT2D eigenvalue weighted by atomic mass is 32.2. The van der Waals surface area contributed by atoms with E-state index in [1.807, 2.05) is 0 Å². The van der Waals surface area contributed by atoms with Crippen molar-refractivity contribution in [2.45, 2.75) is 11.8 Å². The van der Waals surface area contributed by atoms with Gasteiger partial charge in [-0.1, -0.05) is 11.3 Å². The van der Waals surface area contributed by atoms with E-state index in [-0.39, 0.29) is 21.3 Å². The highest BCUT2D eigenvalue weighted by Gasteiger charge is 2.20. The first-order valence-corrected chi connectivity index (χ1v) is 7.11. The topological polar surface area (TPSA) is 98.0 Å². The van der Waals surface area contributed by atoms with E-state index in [2.05, 4.69) is 14.9 Å². The molecule has 2 rings (SSSR count). The van der Waals surface area contributed by atoms with Gasteiger partial charge in [-0.05, 0) is 24.6 Å². The lowest BCUT2D eigenvalue weighted by molar-refractivity contribution is 0.599. The first kappa shape index (κ1) is 12.7. The summed E-state index contributed by atoms with van der Waals surface area (Å²) in [4.78, 5) is -0.0865. The molecule has 1 aromatic carbocycles. The first-order chi connectivity index (χ1) is 8.40. The number of aromatic nitrogens is 2. The third-order valence-electron chi connectivity index (χ3n) is 2.17. The molecule has 0 saturated carbocycles. The molecular formula is C9H9FN4O2S2. The van der Waals surface area contributed by atoms with E-state index in [1.165, 1.54) is 12.4 Å². The van der Waals surface area contributed by atoms with Crippen LogP contribution in [-0.4, -0.2) is 18.6 Å². The quantitative estimate of drug-likeness (QED) is 0.831. The van der Waals surface area contributed by atoms with Crippen molar-refractivity contribution in [1.29, 1.82) is 0 Å². The summed E-state index contributed by atoms with van der Waals surface area (Å²) in [5.41, 5.74) is 6.80. The SMILES string of the molecule is Cc1cc(F)c(N)cc1S(=O)(=O)Nc1nncs1. The van der Waals surface area contributed by atoms with Crippen LogP contribution in [0.2, 0.25) is 0 Å². The third kappa shape index (κ3) is 2.41. The fourth-order valence-corrected chi connectivity index (χ4v) is 3.30. The predicted molar refractivity (Wildman–Crippen MR) is 66.3 cm³/mol. The van der Waals surface area contributed by atoms with Gasteiger partial charge < -0.3 is 5.73 Å². The van der Waals surface area contributed by atoms with E-state index >= 15 is 0 Å². The number of rotatable bonds is 3. The summed E-state index contributed by atoms with van der Waals surface area (Å²) in [6, 6.07) is 2.15. The van der Waals surface area contributed by atoms with Gasteiger partial charge in [0.15, 0.2) is 0 Å². The highest BCUT2D eigenvalue weighted by Crippen LogP contribution is 2.24. The minimum Gasteiger partial charge on any atom is -0.396 e. The summed E-state index contributed by atoms with van der Waals surface area (Å²) in [6.07, 6.45) is 0. The van der Waals surface area contributed by atoms with Crippen molar-refractivity contribution >= 4 is 32.2 Å². The summed E-state index contributed by atoms with van der Waals surface area (Å²) in [5.74, 6) is -0.651. The van der Waals surface area contributed by atoms with Crippen LogP contribution in [0.3, 0.4) is 0 Å². The standard InChI is InChI=1S/C9H9FN4O2S2/c1-5-2-6(10)7(11)3-8(5)18(15,16)14-9-13-12-4-17-9/h2-4H,11H2,1H3,(H,13,14). The van der Waals surface area contributed by atoms with Gasteiger partial charge in [-0.3, -0.25) is 4.72 Å². The van der Waals surface area contributed by atoms with Gasteiger partial charge in [0, 0.05) is 0 Å². The van der Waals surface area contributed by atoms with Gasteiger partial charge in [0.2, 0.25) is 5.13 Å². The number of benzene rings is 1. The molecule has 18 heavy (non-hydrogen) atoms. The van der Waals surface area contributed by atoms with Gasteiger partial charge in [-0.15, -0.1) is 10.2 Å². The van der Waals surface area contributed by atoms with Crippen LogP contribution in [0.5, 0.6) is 0 Å². The van der Waals surface area contributed by atoms with Crippen molar-refractivity contribution < 1.29 is 12.8 Å². The number of hydrogen-bond donors (Lipinski definition) is 2. The summed E-state index contributed by atoms with van der Waals surface area (Å²) in [6.45, 7) is 1.48. The molecular weight excluding hydrogens is 279 g/mol. The van der Waals surface area contributed by atoms with Gasteiger partial charge in [0.25, 0.3) is 10.0 Å². The molecule has 0 amide bonds. The Bertz CT molecular complexity index is 670. The molecule has 0 aliphatic heterocycles. The maximum atomic E-state index is 13.2. The Labute approximate surface area is 107 Å². The minimum atomic E-state index is -3.84. The molecule has 0 saturated heterocycles. The van der Waals surface area contributed by atoms with Crippen LogP contribution in [0.4, 0.5) is 15.2 Å². The maximum Gasteiger partial charge on any atom is 0.264 e. The van der Waals surface area contributed by atoms with E-state index in [4.69, 9.17) is 5.73 Å². The van der Waals surface area contributed by atoms with Gasteiger partial charge in [-0.25, -0.2) is 12.8 Å². The smallest absolute Gasteiger partial charge is 0.264 e. The average molecular weight is 288 g/mol. The minimum absolute atomic E-state index is 0.0865. The second-order valence-corrected chi connectivity index (χ2v) is 5.97. The van der Waals surface area contributed by atoms with Crippen LogP contribution < -0.4 is 10.5 Å². The summed E-state index contributed by atoms with van der Waals surface area (Å²) in [7, 11) is -3.84. The Morgan fingerprint density at radius 1 is 1.44 bits per heavy atom. The van der Waals surface area contributed by atoms with E-state index < -0.39 is 15.8 Å². The van der Waals surface area contributed by atoms with Crippen LogP contribution in [0, 0.1) is 12.7 Å². The van der Waals surface area contributed by atoms with Gasteiger partial charge in [0.05, 0.1) is 10.6 Å². The zero-order valence-electron chi connectivity index (χ0n) is 9.21. The van der Waals surface area contributed by atoms with Gasteiger partial charge in [-0.2, -0.15) is 0 Å². The fourth-order valence-electron chi connectivity index (χ4n) is 1.35. The molecule has 0 unspecified atom stereocenters. The highest BCUT2D eigenvalue weighted by molar-refractivity contribution is 7.93. The summed E-state index contributed by atoms with van der Waals surface area (Å²) >= 11 is 1.04. The van der Waals surface area contributed by atoms with Crippen LogP contribution in [0.1, 0.15) is 5.56 Å². The van der Waals surface area contributed by atoms with Gasteiger partial charge in [0.1, 0.15) is 11.3 Å².